The Hall–Kier alpha value is -0.900. The third kappa shape index (κ3) is 1.72. The number of hydrogen-bond donors (Lipinski definition) is 1. The molecule has 0 aromatic carbocycles. The summed E-state index contributed by atoms with van der Waals surface area (Å²) in [7, 11) is 1.97. The maximum atomic E-state index is 5.53. The van der Waals surface area contributed by atoms with Gasteiger partial charge in [0.1, 0.15) is 11.6 Å². The van der Waals surface area contributed by atoms with E-state index in [-0.39, 0.29) is 5.41 Å². The molecule has 0 unspecified atom stereocenters. The second-order valence-corrected chi connectivity index (χ2v) is 3.94. The molecule has 1 heterocycles. The number of hydrogen-bond acceptors (Lipinski definition) is 3. The first kappa shape index (κ1) is 10.2. The highest BCUT2D eigenvalue weighted by Gasteiger charge is 2.24. The lowest BCUT2D eigenvalue weighted by Gasteiger charge is -2.21. The minimum atomic E-state index is 0.0785. The van der Waals surface area contributed by atoms with Gasteiger partial charge in [-0.1, -0.05) is 20.8 Å². The van der Waals surface area contributed by atoms with E-state index in [1.165, 1.54) is 0 Å². The van der Waals surface area contributed by atoms with Gasteiger partial charge >= 0.3 is 0 Å². The highest BCUT2D eigenvalue weighted by molar-refractivity contribution is 5.06. The van der Waals surface area contributed by atoms with Gasteiger partial charge in [0.15, 0.2) is 0 Å². The molecule has 0 aliphatic heterocycles. The lowest BCUT2D eigenvalue weighted by molar-refractivity contribution is 0.453. The topological polar surface area (TPSA) is 56.7 Å². The molecule has 1 aromatic rings. The van der Waals surface area contributed by atoms with Crippen LogP contribution in [0.25, 0.3) is 0 Å². The van der Waals surface area contributed by atoms with Crippen LogP contribution in [0.15, 0.2) is 0 Å². The second-order valence-electron chi connectivity index (χ2n) is 3.94. The van der Waals surface area contributed by atoms with Crippen LogP contribution >= 0.6 is 0 Å². The molecule has 4 nitrogen and oxygen atoms in total. The molecule has 0 saturated heterocycles. The molecule has 0 fully saturated rings. The van der Waals surface area contributed by atoms with Crippen LogP contribution in [0.3, 0.4) is 0 Å². The fourth-order valence-electron chi connectivity index (χ4n) is 1.29. The summed E-state index contributed by atoms with van der Waals surface area (Å²) >= 11 is 0. The summed E-state index contributed by atoms with van der Waals surface area (Å²) in [6.07, 6.45) is 1.05. The van der Waals surface area contributed by atoms with E-state index in [1.54, 1.807) is 0 Å². The second kappa shape index (κ2) is 3.46. The minimum absolute atomic E-state index is 0.0785. The van der Waals surface area contributed by atoms with Gasteiger partial charge in [-0.2, -0.15) is 0 Å². The van der Waals surface area contributed by atoms with E-state index in [0.29, 0.717) is 6.54 Å². The Kier molecular flexibility index (Phi) is 2.71. The number of aromatic nitrogens is 3. The Bertz CT molecular complexity index is 288. The molecule has 13 heavy (non-hydrogen) atoms. The summed E-state index contributed by atoms with van der Waals surface area (Å²) in [6.45, 7) is 6.93. The van der Waals surface area contributed by atoms with Crippen molar-refractivity contribution >= 4 is 0 Å². The molecule has 0 radical (unpaired) electrons. The molecule has 74 valence electrons. The number of rotatable bonds is 3. The summed E-state index contributed by atoms with van der Waals surface area (Å²) in [5, 5.41) is 8.20. The van der Waals surface area contributed by atoms with E-state index in [2.05, 4.69) is 31.0 Å². The van der Waals surface area contributed by atoms with Crippen LogP contribution in [0.5, 0.6) is 0 Å². The third-order valence-electron chi connectivity index (χ3n) is 2.64. The van der Waals surface area contributed by atoms with Crippen LogP contribution in [0, 0.1) is 0 Å². The fourth-order valence-corrected chi connectivity index (χ4v) is 1.29. The van der Waals surface area contributed by atoms with Crippen molar-refractivity contribution in [2.45, 2.75) is 39.2 Å². The minimum Gasteiger partial charge on any atom is -0.324 e. The van der Waals surface area contributed by atoms with Crippen LogP contribution < -0.4 is 5.73 Å². The Labute approximate surface area is 79.2 Å². The van der Waals surface area contributed by atoms with E-state index in [4.69, 9.17) is 5.73 Å². The number of nitrogens with two attached hydrogens (primary N) is 1. The zero-order valence-corrected chi connectivity index (χ0v) is 8.83. The first-order chi connectivity index (χ1) is 6.03. The SMILES string of the molecule is CCC(C)(C)c1nnc(CN)n1C. The fraction of sp³-hybridized carbons (Fsp3) is 0.778. The average Bonchev–Trinajstić information content (AvgIpc) is 2.47. The molecule has 0 aliphatic carbocycles. The van der Waals surface area contributed by atoms with E-state index in [0.717, 1.165) is 18.1 Å². The Morgan fingerprint density at radius 3 is 2.38 bits per heavy atom. The van der Waals surface area contributed by atoms with Crippen LogP contribution in [-0.2, 0) is 19.0 Å². The molecule has 0 spiro atoms. The van der Waals surface area contributed by atoms with Gasteiger partial charge in [-0.25, -0.2) is 0 Å². The lowest BCUT2D eigenvalue weighted by atomic mass is 9.89. The molecule has 0 aliphatic rings. The van der Waals surface area contributed by atoms with Gasteiger partial charge in [0.05, 0.1) is 6.54 Å². The largest absolute Gasteiger partial charge is 0.324 e. The molecule has 1 rings (SSSR count). The van der Waals surface area contributed by atoms with E-state index in [9.17, 15) is 0 Å². The molecule has 2 N–H and O–H groups in total. The van der Waals surface area contributed by atoms with Crippen molar-refractivity contribution in [3.8, 4) is 0 Å². The highest BCUT2D eigenvalue weighted by atomic mass is 15.3. The van der Waals surface area contributed by atoms with Crippen molar-refractivity contribution in [2.24, 2.45) is 12.8 Å². The zero-order valence-electron chi connectivity index (χ0n) is 8.83. The van der Waals surface area contributed by atoms with Gasteiger partial charge in [-0.05, 0) is 6.42 Å². The zero-order chi connectivity index (χ0) is 10.1. The van der Waals surface area contributed by atoms with Gasteiger partial charge in [-0.3, -0.25) is 0 Å². The van der Waals surface area contributed by atoms with E-state index in [1.807, 2.05) is 11.6 Å². The predicted molar refractivity (Wildman–Crippen MR) is 52.2 cm³/mol. The standard InChI is InChI=1S/C9H18N4/c1-5-9(2,3)8-12-11-7(6-10)13(8)4/h5-6,10H2,1-4H3. The molecule has 1 aromatic heterocycles. The van der Waals surface area contributed by atoms with Gasteiger partial charge in [-0.15, -0.1) is 10.2 Å². The van der Waals surface area contributed by atoms with Gasteiger partial charge in [0, 0.05) is 12.5 Å². The van der Waals surface area contributed by atoms with Crippen molar-refractivity contribution in [3.05, 3.63) is 11.6 Å². The molecule has 0 bridgehead atoms. The molecule has 0 atom stereocenters. The average molecular weight is 182 g/mol. The Balaban J connectivity index is 3.09. The molecular formula is C9H18N4. The first-order valence-corrected chi connectivity index (χ1v) is 4.61. The molecule has 0 amide bonds. The summed E-state index contributed by atoms with van der Waals surface area (Å²) in [5.74, 6) is 1.85. The predicted octanol–water partition coefficient (Wildman–Crippen LogP) is 0.961. The highest BCUT2D eigenvalue weighted by Crippen LogP contribution is 2.24. The number of nitrogens with zero attached hydrogens (tertiary/aromatic N) is 3. The van der Waals surface area contributed by atoms with Crippen molar-refractivity contribution in [1.82, 2.24) is 14.8 Å². The maximum Gasteiger partial charge on any atom is 0.146 e. The van der Waals surface area contributed by atoms with Crippen LogP contribution in [0.4, 0.5) is 0 Å². The first-order valence-electron chi connectivity index (χ1n) is 4.61. The summed E-state index contributed by atoms with van der Waals surface area (Å²) < 4.78 is 1.99. The Morgan fingerprint density at radius 1 is 1.38 bits per heavy atom. The van der Waals surface area contributed by atoms with Gasteiger partial charge < -0.3 is 10.3 Å². The molecular weight excluding hydrogens is 164 g/mol. The van der Waals surface area contributed by atoms with Gasteiger partial charge in [0.25, 0.3) is 0 Å². The van der Waals surface area contributed by atoms with Crippen molar-refractivity contribution in [1.29, 1.82) is 0 Å². The third-order valence-corrected chi connectivity index (χ3v) is 2.64. The summed E-state index contributed by atoms with van der Waals surface area (Å²) in [5.41, 5.74) is 5.60. The van der Waals surface area contributed by atoms with Crippen molar-refractivity contribution < 1.29 is 0 Å². The summed E-state index contributed by atoms with van der Waals surface area (Å²) in [4.78, 5) is 0. The monoisotopic (exact) mass is 182 g/mol. The molecule has 4 heteroatoms. The van der Waals surface area contributed by atoms with E-state index < -0.39 is 0 Å². The van der Waals surface area contributed by atoms with Crippen LogP contribution in [0.1, 0.15) is 38.8 Å². The van der Waals surface area contributed by atoms with Gasteiger partial charge in [0.2, 0.25) is 0 Å². The normalized spacial score (nSPS) is 12.1. The lowest BCUT2D eigenvalue weighted by Crippen LogP contribution is -2.21. The smallest absolute Gasteiger partial charge is 0.146 e. The van der Waals surface area contributed by atoms with Crippen molar-refractivity contribution in [3.63, 3.8) is 0 Å². The Morgan fingerprint density at radius 2 is 2.00 bits per heavy atom. The quantitative estimate of drug-likeness (QED) is 0.757. The molecule has 0 saturated carbocycles. The van der Waals surface area contributed by atoms with Crippen LogP contribution in [-0.4, -0.2) is 14.8 Å². The van der Waals surface area contributed by atoms with E-state index >= 15 is 0 Å². The van der Waals surface area contributed by atoms with Crippen LogP contribution in [0.2, 0.25) is 0 Å². The summed E-state index contributed by atoms with van der Waals surface area (Å²) in [6, 6.07) is 0. The van der Waals surface area contributed by atoms with Crippen molar-refractivity contribution in [2.75, 3.05) is 0 Å². The maximum absolute atomic E-state index is 5.53.